The van der Waals surface area contributed by atoms with E-state index in [9.17, 15) is 9.59 Å². The summed E-state index contributed by atoms with van der Waals surface area (Å²) in [5, 5.41) is 2.90. The highest BCUT2D eigenvalue weighted by Gasteiger charge is 2.42. The van der Waals surface area contributed by atoms with Gasteiger partial charge in [0.2, 0.25) is 11.8 Å². The lowest BCUT2D eigenvalue weighted by Gasteiger charge is -2.45. The zero-order valence-corrected chi connectivity index (χ0v) is 13.2. The van der Waals surface area contributed by atoms with Crippen LogP contribution in [0.15, 0.2) is 0 Å². The number of nitrogens with zero attached hydrogens (tertiary/aromatic N) is 2. The molecule has 0 spiro atoms. The summed E-state index contributed by atoms with van der Waals surface area (Å²) in [6.45, 7) is 8.14. The van der Waals surface area contributed by atoms with E-state index in [-0.39, 0.29) is 23.9 Å². The Bertz CT molecular complexity index is 386. The van der Waals surface area contributed by atoms with Gasteiger partial charge in [0.15, 0.2) is 0 Å². The second-order valence-electron chi connectivity index (χ2n) is 6.55. The number of hydrogen-bond acceptors (Lipinski definition) is 4. The first-order valence-electron chi connectivity index (χ1n) is 8.06. The van der Waals surface area contributed by atoms with E-state index < -0.39 is 0 Å². The van der Waals surface area contributed by atoms with Crippen molar-refractivity contribution < 1.29 is 9.59 Å². The van der Waals surface area contributed by atoms with Gasteiger partial charge in [-0.3, -0.25) is 14.5 Å². The molecule has 0 saturated carbocycles. The smallest absolute Gasteiger partial charge is 0.245 e. The average molecular weight is 296 g/mol. The zero-order chi connectivity index (χ0) is 15.4. The van der Waals surface area contributed by atoms with E-state index >= 15 is 0 Å². The van der Waals surface area contributed by atoms with Gasteiger partial charge in [0.25, 0.3) is 0 Å². The van der Waals surface area contributed by atoms with Crippen LogP contribution in [0.2, 0.25) is 0 Å². The van der Waals surface area contributed by atoms with Gasteiger partial charge in [-0.1, -0.05) is 13.8 Å². The van der Waals surface area contributed by atoms with Crippen molar-refractivity contribution in [2.45, 2.75) is 45.2 Å². The summed E-state index contributed by atoms with van der Waals surface area (Å²) in [6, 6.07) is -0.660. The highest BCUT2D eigenvalue weighted by atomic mass is 16.2. The third-order valence-corrected chi connectivity index (χ3v) is 4.24. The van der Waals surface area contributed by atoms with Crippen LogP contribution in [0.25, 0.3) is 0 Å². The first-order chi connectivity index (χ1) is 10.0. The summed E-state index contributed by atoms with van der Waals surface area (Å²) < 4.78 is 0. The summed E-state index contributed by atoms with van der Waals surface area (Å²) in [5.41, 5.74) is 5.48. The molecule has 2 amide bonds. The van der Waals surface area contributed by atoms with Gasteiger partial charge in [-0.15, -0.1) is 0 Å². The number of nitrogens with one attached hydrogen (secondary N) is 1. The maximum Gasteiger partial charge on any atom is 0.245 e. The number of fused-ring (bicyclic) bond motifs is 1. The molecule has 2 aliphatic rings. The van der Waals surface area contributed by atoms with Crippen molar-refractivity contribution >= 4 is 11.8 Å². The van der Waals surface area contributed by atoms with Crippen LogP contribution in [0.5, 0.6) is 0 Å². The third-order valence-electron chi connectivity index (χ3n) is 4.24. The van der Waals surface area contributed by atoms with Crippen molar-refractivity contribution in [3.63, 3.8) is 0 Å². The highest BCUT2D eigenvalue weighted by molar-refractivity contribution is 5.97. The Morgan fingerprint density at radius 3 is 2.71 bits per heavy atom. The van der Waals surface area contributed by atoms with E-state index in [1.807, 2.05) is 0 Å². The lowest BCUT2D eigenvalue weighted by Crippen LogP contribution is -2.69. The number of amides is 2. The van der Waals surface area contributed by atoms with Crippen LogP contribution in [0.4, 0.5) is 0 Å². The standard InChI is InChI=1S/C15H28N4O2/c1-11(2)9-18-7-8-19-13(10-18)14(20)17-12(15(19)21)5-3-4-6-16/h11-13H,3-10,16H2,1-2H3,(H,17,20)/t12-,13+/m0/s1. The van der Waals surface area contributed by atoms with Gasteiger partial charge >= 0.3 is 0 Å². The number of carbonyl (C=O) groups excluding carboxylic acids is 2. The van der Waals surface area contributed by atoms with Crippen molar-refractivity contribution in [2.75, 3.05) is 32.7 Å². The molecule has 0 aliphatic carbocycles. The Hall–Kier alpha value is -1.14. The van der Waals surface area contributed by atoms with Gasteiger partial charge in [0.05, 0.1) is 0 Å². The minimum atomic E-state index is -0.350. The fourth-order valence-electron chi connectivity index (χ4n) is 3.23. The third kappa shape index (κ3) is 3.95. The first kappa shape index (κ1) is 16.2. The van der Waals surface area contributed by atoms with Crippen LogP contribution in [-0.4, -0.2) is 66.4 Å². The number of hydrogen-bond donors (Lipinski definition) is 2. The van der Waals surface area contributed by atoms with Crippen molar-refractivity contribution in [3.05, 3.63) is 0 Å². The van der Waals surface area contributed by atoms with Crippen LogP contribution in [-0.2, 0) is 9.59 Å². The van der Waals surface area contributed by atoms with Crippen LogP contribution in [0.1, 0.15) is 33.1 Å². The summed E-state index contributed by atoms with van der Waals surface area (Å²) in [5.74, 6) is 0.657. The van der Waals surface area contributed by atoms with E-state index in [0.29, 0.717) is 32.0 Å². The molecule has 2 aliphatic heterocycles. The van der Waals surface area contributed by atoms with Crippen molar-refractivity contribution in [1.29, 1.82) is 0 Å². The molecule has 2 saturated heterocycles. The van der Waals surface area contributed by atoms with Crippen LogP contribution >= 0.6 is 0 Å². The van der Waals surface area contributed by atoms with Gasteiger partial charge in [-0.2, -0.15) is 0 Å². The summed E-state index contributed by atoms with van der Waals surface area (Å²) in [4.78, 5) is 28.8. The summed E-state index contributed by atoms with van der Waals surface area (Å²) in [7, 11) is 0. The molecule has 2 atom stereocenters. The fraction of sp³-hybridized carbons (Fsp3) is 0.867. The van der Waals surface area contributed by atoms with E-state index in [1.165, 1.54) is 0 Å². The molecule has 0 bridgehead atoms. The molecule has 0 aromatic heterocycles. The van der Waals surface area contributed by atoms with E-state index in [0.717, 1.165) is 25.9 Å². The second-order valence-corrected chi connectivity index (χ2v) is 6.55. The van der Waals surface area contributed by atoms with Gasteiger partial charge in [0, 0.05) is 26.2 Å². The zero-order valence-electron chi connectivity index (χ0n) is 13.2. The van der Waals surface area contributed by atoms with Crippen molar-refractivity contribution in [3.8, 4) is 0 Å². The molecular weight excluding hydrogens is 268 g/mol. The highest BCUT2D eigenvalue weighted by Crippen LogP contribution is 2.19. The molecule has 2 heterocycles. The fourth-order valence-corrected chi connectivity index (χ4v) is 3.23. The van der Waals surface area contributed by atoms with Gasteiger partial charge < -0.3 is 16.0 Å². The van der Waals surface area contributed by atoms with Gasteiger partial charge in [0.1, 0.15) is 12.1 Å². The molecule has 3 N–H and O–H groups in total. The molecule has 120 valence electrons. The van der Waals surface area contributed by atoms with E-state index in [1.54, 1.807) is 4.90 Å². The number of rotatable bonds is 6. The van der Waals surface area contributed by atoms with E-state index in [2.05, 4.69) is 24.1 Å². The molecule has 0 aromatic carbocycles. The quantitative estimate of drug-likeness (QED) is 0.664. The van der Waals surface area contributed by atoms with Gasteiger partial charge in [-0.25, -0.2) is 0 Å². The summed E-state index contributed by atoms with van der Waals surface area (Å²) >= 11 is 0. The Balaban J connectivity index is 1.94. The second kappa shape index (κ2) is 7.22. The number of carbonyl (C=O) groups is 2. The van der Waals surface area contributed by atoms with Crippen LogP contribution in [0, 0.1) is 5.92 Å². The molecule has 2 rings (SSSR count). The first-order valence-corrected chi connectivity index (χ1v) is 8.06. The monoisotopic (exact) mass is 296 g/mol. The average Bonchev–Trinajstić information content (AvgIpc) is 2.44. The Morgan fingerprint density at radius 2 is 2.05 bits per heavy atom. The van der Waals surface area contributed by atoms with Gasteiger partial charge in [-0.05, 0) is 31.7 Å². The lowest BCUT2D eigenvalue weighted by molar-refractivity contribution is -0.153. The number of nitrogens with two attached hydrogens (primary N) is 1. The Labute approximate surface area is 127 Å². The Morgan fingerprint density at radius 1 is 1.29 bits per heavy atom. The minimum absolute atomic E-state index is 0.000745. The molecule has 0 radical (unpaired) electrons. The molecule has 21 heavy (non-hydrogen) atoms. The molecular formula is C15H28N4O2. The predicted octanol–water partition coefficient (Wildman–Crippen LogP) is -0.217. The normalized spacial score (nSPS) is 27.0. The minimum Gasteiger partial charge on any atom is -0.342 e. The van der Waals surface area contributed by atoms with Crippen molar-refractivity contribution in [2.24, 2.45) is 11.7 Å². The molecule has 0 aromatic rings. The van der Waals surface area contributed by atoms with Crippen LogP contribution in [0.3, 0.4) is 0 Å². The Kier molecular flexibility index (Phi) is 5.58. The molecule has 6 heteroatoms. The topological polar surface area (TPSA) is 78.7 Å². The molecule has 0 unspecified atom stereocenters. The van der Waals surface area contributed by atoms with Crippen LogP contribution < -0.4 is 11.1 Å². The number of piperazine rings is 2. The summed E-state index contributed by atoms with van der Waals surface area (Å²) in [6.07, 6.45) is 2.47. The molecule has 2 fully saturated rings. The van der Waals surface area contributed by atoms with E-state index in [4.69, 9.17) is 5.73 Å². The molecule has 6 nitrogen and oxygen atoms in total. The largest absolute Gasteiger partial charge is 0.342 e. The number of unbranched alkanes of at least 4 members (excludes halogenated alkanes) is 1. The SMILES string of the molecule is CC(C)CN1CCN2C(=O)[C@H](CCCCN)NC(=O)[C@H]2C1. The maximum atomic E-state index is 12.5. The lowest BCUT2D eigenvalue weighted by atomic mass is 10.00. The van der Waals surface area contributed by atoms with Crippen molar-refractivity contribution in [1.82, 2.24) is 15.1 Å². The predicted molar refractivity (Wildman–Crippen MR) is 81.6 cm³/mol. The maximum absolute atomic E-state index is 12.5.